The van der Waals surface area contributed by atoms with Crippen LogP contribution in [0.4, 0.5) is 5.69 Å². The standard InChI is InChI=1S/C8H7N3/c9-5-7-3-1-2-4-8(7)11-6-10/h1-4,6H,(H2,10,11). The Balaban J connectivity index is 3.15. The van der Waals surface area contributed by atoms with Gasteiger partial charge in [-0.25, -0.2) is 4.99 Å². The van der Waals surface area contributed by atoms with Crippen LogP contribution in [0, 0.1) is 11.3 Å². The quantitative estimate of drug-likeness (QED) is 0.476. The van der Waals surface area contributed by atoms with Crippen molar-refractivity contribution in [3.05, 3.63) is 29.8 Å². The van der Waals surface area contributed by atoms with Gasteiger partial charge in [0.1, 0.15) is 6.07 Å². The highest BCUT2D eigenvalue weighted by molar-refractivity contribution is 5.63. The van der Waals surface area contributed by atoms with Crippen LogP contribution in [0.3, 0.4) is 0 Å². The van der Waals surface area contributed by atoms with Crippen molar-refractivity contribution in [3.63, 3.8) is 0 Å². The lowest BCUT2D eigenvalue weighted by molar-refractivity contribution is 1.44. The molecule has 1 aromatic rings. The van der Waals surface area contributed by atoms with Gasteiger partial charge in [-0.2, -0.15) is 5.26 Å². The third kappa shape index (κ3) is 1.55. The molecule has 0 amide bonds. The fraction of sp³-hybridized carbons (Fsp3) is 0. The fourth-order valence-electron chi connectivity index (χ4n) is 0.761. The van der Waals surface area contributed by atoms with Gasteiger partial charge in [-0.1, -0.05) is 12.1 Å². The SMILES string of the molecule is N#Cc1ccccc1N=CN. The van der Waals surface area contributed by atoms with Gasteiger partial charge in [-0.05, 0) is 12.1 Å². The first-order valence-electron chi connectivity index (χ1n) is 3.12. The van der Waals surface area contributed by atoms with E-state index in [0.29, 0.717) is 11.3 Å². The zero-order chi connectivity index (χ0) is 8.10. The van der Waals surface area contributed by atoms with Crippen molar-refractivity contribution in [1.82, 2.24) is 0 Å². The third-order valence-corrected chi connectivity index (χ3v) is 1.24. The highest BCUT2D eigenvalue weighted by Crippen LogP contribution is 2.15. The first-order valence-corrected chi connectivity index (χ1v) is 3.12. The van der Waals surface area contributed by atoms with Crippen LogP contribution in [0.25, 0.3) is 0 Å². The average molecular weight is 145 g/mol. The van der Waals surface area contributed by atoms with Gasteiger partial charge >= 0.3 is 0 Å². The lowest BCUT2D eigenvalue weighted by Crippen LogP contribution is -1.87. The van der Waals surface area contributed by atoms with Gasteiger partial charge in [0.15, 0.2) is 0 Å². The van der Waals surface area contributed by atoms with Crippen LogP contribution in [-0.4, -0.2) is 6.34 Å². The van der Waals surface area contributed by atoms with E-state index in [-0.39, 0.29) is 0 Å². The van der Waals surface area contributed by atoms with Gasteiger partial charge in [0, 0.05) is 0 Å². The zero-order valence-corrected chi connectivity index (χ0v) is 5.86. The molecule has 1 rings (SSSR count). The molecule has 0 atom stereocenters. The number of nitrogens with zero attached hydrogens (tertiary/aromatic N) is 2. The lowest BCUT2D eigenvalue weighted by Gasteiger charge is -1.92. The molecular weight excluding hydrogens is 138 g/mol. The highest BCUT2D eigenvalue weighted by Gasteiger charge is 1.94. The molecule has 0 aliphatic heterocycles. The van der Waals surface area contributed by atoms with Crippen LogP contribution in [0.5, 0.6) is 0 Å². The van der Waals surface area contributed by atoms with Gasteiger partial charge in [0.05, 0.1) is 17.6 Å². The van der Waals surface area contributed by atoms with Gasteiger partial charge in [0.25, 0.3) is 0 Å². The van der Waals surface area contributed by atoms with Crippen LogP contribution in [0.15, 0.2) is 29.3 Å². The van der Waals surface area contributed by atoms with Crippen LogP contribution in [0.2, 0.25) is 0 Å². The molecule has 11 heavy (non-hydrogen) atoms. The van der Waals surface area contributed by atoms with E-state index in [1.807, 2.05) is 12.1 Å². The summed E-state index contributed by atoms with van der Waals surface area (Å²) in [6.45, 7) is 0. The summed E-state index contributed by atoms with van der Waals surface area (Å²) in [5.41, 5.74) is 6.23. The Morgan fingerprint density at radius 2 is 2.18 bits per heavy atom. The minimum atomic E-state index is 0.536. The average Bonchev–Trinajstić information content (AvgIpc) is 2.06. The monoisotopic (exact) mass is 145 g/mol. The summed E-state index contributed by atoms with van der Waals surface area (Å²) >= 11 is 0. The summed E-state index contributed by atoms with van der Waals surface area (Å²) in [5, 5.41) is 8.58. The smallest absolute Gasteiger partial charge is 0.101 e. The van der Waals surface area contributed by atoms with E-state index in [1.54, 1.807) is 18.2 Å². The summed E-state index contributed by atoms with van der Waals surface area (Å²) in [6.07, 6.45) is 1.18. The molecule has 0 bridgehead atoms. The predicted molar refractivity (Wildman–Crippen MR) is 43.5 cm³/mol. The molecule has 54 valence electrons. The van der Waals surface area contributed by atoms with E-state index in [0.717, 1.165) is 0 Å². The van der Waals surface area contributed by atoms with Gasteiger partial charge in [-0.3, -0.25) is 0 Å². The largest absolute Gasteiger partial charge is 0.390 e. The van der Waals surface area contributed by atoms with Crippen molar-refractivity contribution in [2.24, 2.45) is 10.7 Å². The highest BCUT2D eigenvalue weighted by atomic mass is 14.8. The molecule has 3 heteroatoms. The Morgan fingerprint density at radius 3 is 2.82 bits per heavy atom. The number of nitriles is 1. The number of para-hydroxylation sites is 1. The molecule has 0 fully saturated rings. The summed E-state index contributed by atoms with van der Waals surface area (Å²) in [7, 11) is 0. The summed E-state index contributed by atoms with van der Waals surface area (Å²) in [6, 6.07) is 9.04. The zero-order valence-electron chi connectivity index (χ0n) is 5.86. The number of rotatable bonds is 1. The number of nitrogens with two attached hydrogens (primary N) is 1. The van der Waals surface area contributed by atoms with Gasteiger partial charge in [0.2, 0.25) is 0 Å². The number of hydrogen-bond donors (Lipinski definition) is 1. The van der Waals surface area contributed by atoms with E-state index >= 15 is 0 Å². The second-order valence-corrected chi connectivity index (χ2v) is 1.91. The van der Waals surface area contributed by atoms with Crippen molar-refractivity contribution >= 4 is 12.0 Å². The molecule has 0 spiro atoms. The van der Waals surface area contributed by atoms with Crippen molar-refractivity contribution < 1.29 is 0 Å². The maximum atomic E-state index is 8.58. The first-order chi connectivity index (χ1) is 5.38. The second-order valence-electron chi connectivity index (χ2n) is 1.91. The van der Waals surface area contributed by atoms with E-state index in [9.17, 15) is 0 Å². The van der Waals surface area contributed by atoms with Crippen LogP contribution < -0.4 is 5.73 Å². The second kappa shape index (κ2) is 3.37. The van der Waals surface area contributed by atoms with Crippen molar-refractivity contribution in [3.8, 4) is 6.07 Å². The fourth-order valence-corrected chi connectivity index (χ4v) is 0.761. The minimum Gasteiger partial charge on any atom is -0.390 e. The Labute approximate surface area is 64.8 Å². The first kappa shape index (κ1) is 7.29. The van der Waals surface area contributed by atoms with E-state index in [1.165, 1.54) is 6.34 Å². The van der Waals surface area contributed by atoms with E-state index < -0.39 is 0 Å². The molecule has 0 saturated heterocycles. The van der Waals surface area contributed by atoms with Crippen LogP contribution in [-0.2, 0) is 0 Å². The third-order valence-electron chi connectivity index (χ3n) is 1.24. The molecule has 0 aromatic heterocycles. The molecule has 0 unspecified atom stereocenters. The van der Waals surface area contributed by atoms with E-state index in [4.69, 9.17) is 11.0 Å². The molecule has 3 nitrogen and oxygen atoms in total. The molecule has 0 aliphatic carbocycles. The van der Waals surface area contributed by atoms with Crippen molar-refractivity contribution in [2.75, 3.05) is 0 Å². The Kier molecular flexibility index (Phi) is 2.24. The van der Waals surface area contributed by atoms with Gasteiger partial charge in [-0.15, -0.1) is 0 Å². The maximum Gasteiger partial charge on any atom is 0.101 e. The molecule has 0 aliphatic rings. The normalized spacial score (nSPS) is 9.73. The minimum absolute atomic E-state index is 0.536. The molecule has 0 radical (unpaired) electrons. The van der Waals surface area contributed by atoms with Crippen LogP contribution in [0.1, 0.15) is 5.56 Å². The van der Waals surface area contributed by atoms with Crippen molar-refractivity contribution in [2.45, 2.75) is 0 Å². The molecule has 2 N–H and O–H groups in total. The summed E-state index contributed by atoms with van der Waals surface area (Å²) < 4.78 is 0. The Bertz CT molecular complexity index is 309. The molecule has 0 heterocycles. The lowest BCUT2D eigenvalue weighted by atomic mass is 10.2. The molecular formula is C8H7N3. The van der Waals surface area contributed by atoms with E-state index in [2.05, 4.69) is 4.99 Å². The number of benzene rings is 1. The number of hydrogen-bond acceptors (Lipinski definition) is 2. The summed E-state index contributed by atoms with van der Waals surface area (Å²) in [5.74, 6) is 0. The maximum absolute atomic E-state index is 8.58. The predicted octanol–water partition coefficient (Wildman–Crippen LogP) is 1.18. The van der Waals surface area contributed by atoms with Crippen molar-refractivity contribution in [1.29, 1.82) is 5.26 Å². The number of aliphatic imine (C=N–C) groups is 1. The summed E-state index contributed by atoms with van der Waals surface area (Å²) in [4.78, 5) is 3.81. The topological polar surface area (TPSA) is 62.2 Å². The van der Waals surface area contributed by atoms with Crippen LogP contribution >= 0.6 is 0 Å². The Morgan fingerprint density at radius 1 is 1.45 bits per heavy atom. The molecule has 1 aromatic carbocycles. The molecule has 0 saturated carbocycles. The Hall–Kier alpha value is -1.82. The van der Waals surface area contributed by atoms with Gasteiger partial charge < -0.3 is 5.73 Å².